The number of hydrogen-bond acceptors (Lipinski definition) is 4. The van der Waals surface area contributed by atoms with Gasteiger partial charge in [0.2, 0.25) is 0 Å². The Hall–Kier alpha value is -1.75. The molecule has 1 aromatic rings. The summed E-state index contributed by atoms with van der Waals surface area (Å²) in [6, 6.07) is 5.65. The number of hydrogen-bond donors (Lipinski definition) is 2. The van der Waals surface area contributed by atoms with Crippen LogP contribution in [0.15, 0.2) is 18.2 Å². The molecule has 5 heteroatoms. The van der Waals surface area contributed by atoms with E-state index in [4.69, 9.17) is 5.73 Å². The maximum Gasteiger partial charge on any atom is 0.253 e. The van der Waals surface area contributed by atoms with Gasteiger partial charge in [0.05, 0.1) is 11.4 Å². The van der Waals surface area contributed by atoms with E-state index in [1.165, 1.54) is 0 Å². The first-order chi connectivity index (χ1) is 9.31. The van der Waals surface area contributed by atoms with Crippen molar-refractivity contribution in [3.8, 4) is 0 Å². The summed E-state index contributed by atoms with van der Waals surface area (Å²) in [6.45, 7) is 3.12. The van der Waals surface area contributed by atoms with Crippen LogP contribution in [0.2, 0.25) is 0 Å². The average Bonchev–Trinajstić information content (AvgIpc) is 2.38. The van der Waals surface area contributed by atoms with E-state index in [-0.39, 0.29) is 5.91 Å². The number of carbonyl (C=O) groups excluding carboxylic acids is 1. The lowest BCUT2D eigenvalue weighted by Crippen LogP contribution is -2.24. The first kappa shape index (κ1) is 16.3. The standard InChI is InChI=1S/C15H26N4O/c1-11(8-9-18(2)3)17-14-10-12(6-7-13(14)16)15(20)19(4)5/h6-7,10-11,17H,8-9,16H2,1-5H3. The highest BCUT2D eigenvalue weighted by Gasteiger charge is 2.11. The van der Waals surface area contributed by atoms with E-state index in [9.17, 15) is 4.79 Å². The second kappa shape index (κ2) is 7.14. The van der Waals surface area contributed by atoms with E-state index in [2.05, 4.69) is 31.2 Å². The lowest BCUT2D eigenvalue weighted by molar-refractivity contribution is 0.0827. The van der Waals surface area contributed by atoms with E-state index in [0.717, 1.165) is 18.7 Å². The van der Waals surface area contributed by atoms with Gasteiger partial charge >= 0.3 is 0 Å². The van der Waals surface area contributed by atoms with Gasteiger partial charge in [0.1, 0.15) is 0 Å². The van der Waals surface area contributed by atoms with Crippen LogP contribution >= 0.6 is 0 Å². The second-order valence-electron chi connectivity index (χ2n) is 5.64. The summed E-state index contributed by atoms with van der Waals surface area (Å²) in [6.07, 6.45) is 1.01. The largest absolute Gasteiger partial charge is 0.397 e. The third-order valence-electron chi connectivity index (χ3n) is 3.12. The number of anilines is 2. The predicted molar refractivity (Wildman–Crippen MR) is 85.1 cm³/mol. The summed E-state index contributed by atoms with van der Waals surface area (Å²) in [5.74, 6) is -0.0194. The van der Waals surface area contributed by atoms with Gasteiger partial charge in [-0.3, -0.25) is 4.79 Å². The zero-order valence-electron chi connectivity index (χ0n) is 13.1. The summed E-state index contributed by atoms with van der Waals surface area (Å²) in [5.41, 5.74) is 8.10. The van der Waals surface area contributed by atoms with E-state index >= 15 is 0 Å². The molecule has 3 N–H and O–H groups in total. The van der Waals surface area contributed by atoms with Gasteiger partial charge < -0.3 is 20.9 Å². The van der Waals surface area contributed by atoms with E-state index in [0.29, 0.717) is 17.3 Å². The Morgan fingerprint density at radius 3 is 2.50 bits per heavy atom. The Morgan fingerprint density at radius 1 is 1.30 bits per heavy atom. The quantitative estimate of drug-likeness (QED) is 0.778. The topological polar surface area (TPSA) is 61.6 Å². The van der Waals surface area contributed by atoms with Crippen molar-refractivity contribution >= 4 is 17.3 Å². The van der Waals surface area contributed by atoms with Crippen molar-refractivity contribution in [3.63, 3.8) is 0 Å². The fourth-order valence-electron chi connectivity index (χ4n) is 1.86. The van der Waals surface area contributed by atoms with Crippen molar-refractivity contribution in [2.75, 3.05) is 45.8 Å². The van der Waals surface area contributed by atoms with E-state index in [1.54, 1.807) is 31.1 Å². The first-order valence-corrected chi connectivity index (χ1v) is 6.83. The highest BCUT2D eigenvalue weighted by Crippen LogP contribution is 2.22. The number of carbonyl (C=O) groups is 1. The molecule has 0 saturated heterocycles. The van der Waals surface area contributed by atoms with Crippen molar-refractivity contribution in [1.29, 1.82) is 0 Å². The van der Waals surface area contributed by atoms with Gasteiger partial charge in [-0.2, -0.15) is 0 Å². The Bertz CT molecular complexity index is 457. The Balaban J connectivity index is 2.79. The van der Waals surface area contributed by atoms with Crippen LogP contribution in [-0.4, -0.2) is 56.5 Å². The number of amides is 1. The molecule has 0 bridgehead atoms. The zero-order valence-corrected chi connectivity index (χ0v) is 13.1. The monoisotopic (exact) mass is 278 g/mol. The second-order valence-corrected chi connectivity index (χ2v) is 5.64. The van der Waals surface area contributed by atoms with Crippen LogP contribution < -0.4 is 11.1 Å². The maximum atomic E-state index is 12.0. The van der Waals surface area contributed by atoms with Crippen molar-refractivity contribution < 1.29 is 4.79 Å². The van der Waals surface area contributed by atoms with Gasteiger partial charge in [-0.15, -0.1) is 0 Å². The van der Waals surface area contributed by atoms with Crippen LogP contribution in [0.5, 0.6) is 0 Å². The number of nitrogens with one attached hydrogen (secondary N) is 1. The summed E-state index contributed by atoms with van der Waals surface area (Å²) in [4.78, 5) is 15.7. The number of nitrogens with zero attached hydrogens (tertiary/aromatic N) is 2. The molecule has 1 rings (SSSR count). The van der Waals surface area contributed by atoms with Crippen molar-refractivity contribution in [2.24, 2.45) is 0 Å². The third-order valence-corrected chi connectivity index (χ3v) is 3.12. The zero-order chi connectivity index (χ0) is 15.3. The molecule has 20 heavy (non-hydrogen) atoms. The molecule has 0 aliphatic carbocycles. The van der Waals surface area contributed by atoms with Crippen LogP contribution in [-0.2, 0) is 0 Å². The van der Waals surface area contributed by atoms with Crippen LogP contribution in [0.3, 0.4) is 0 Å². The minimum atomic E-state index is -0.0194. The lowest BCUT2D eigenvalue weighted by Gasteiger charge is -2.20. The van der Waals surface area contributed by atoms with Gasteiger partial charge in [-0.25, -0.2) is 0 Å². The Kier molecular flexibility index (Phi) is 5.82. The Labute approximate surface area is 121 Å². The molecule has 112 valence electrons. The normalized spacial score (nSPS) is 12.3. The molecule has 1 atom stereocenters. The third kappa shape index (κ3) is 4.74. The fraction of sp³-hybridized carbons (Fsp3) is 0.533. The van der Waals surface area contributed by atoms with Gasteiger partial charge in [-0.1, -0.05) is 0 Å². The lowest BCUT2D eigenvalue weighted by atomic mass is 10.1. The average molecular weight is 278 g/mol. The molecule has 1 amide bonds. The number of benzene rings is 1. The highest BCUT2D eigenvalue weighted by atomic mass is 16.2. The van der Waals surface area contributed by atoms with E-state index in [1.807, 2.05) is 6.07 Å². The molecule has 1 unspecified atom stereocenters. The van der Waals surface area contributed by atoms with Gasteiger partial charge in [0, 0.05) is 25.7 Å². The Morgan fingerprint density at radius 2 is 1.95 bits per heavy atom. The fourth-order valence-corrected chi connectivity index (χ4v) is 1.86. The molecule has 0 saturated carbocycles. The maximum absolute atomic E-state index is 12.0. The molecule has 0 aliphatic heterocycles. The summed E-state index contributed by atoms with van der Waals surface area (Å²) in [7, 11) is 7.59. The molecule has 0 heterocycles. The molecule has 0 spiro atoms. The molecule has 5 nitrogen and oxygen atoms in total. The van der Waals surface area contributed by atoms with Gasteiger partial charge in [0.25, 0.3) is 5.91 Å². The molecule has 0 fully saturated rings. The SMILES string of the molecule is CC(CCN(C)C)Nc1cc(C(=O)N(C)C)ccc1N. The van der Waals surface area contributed by atoms with E-state index < -0.39 is 0 Å². The summed E-state index contributed by atoms with van der Waals surface area (Å²) in [5, 5.41) is 3.38. The summed E-state index contributed by atoms with van der Waals surface area (Å²) < 4.78 is 0. The molecule has 0 radical (unpaired) electrons. The minimum Gasteiger partial charge on any atom is -0.397 e. The molecule has 0 aromatic heterocycles. The van der Waals surface area contributed by atoms with Crippen molar-refractivity contribution in [3.05, 3.63) is 23.8 Å². The number of rotatable bonds is 6. The number of nitrogen functional groups attached to an aromatic ring is 1. The molecular formula is C15H26N4O. The smallest absolute Gasteiger partial charge is 0.253 e. The first-order valence-electron chi connectivity index (χ1n) is 6.83. The minimum absolute atomic E-state index is 0.0194. The van der Waals surface area contributed by atoms with Crippen molar-refractivity contribution in [1.82, 2.24) is 9.80 Å². The molecular weight excluding hydrogens is 252 g/mol. The van der Waals surface area contributed by atoms with Gasteiger partial charge in [-0.05, 0) is 52.2 Å². The van der Waals surface area contributed by atoms with Crippen LogP contribution in [0.25, 0.3) is 0 Å². The van der Waals surface area contributed by atoms with Crippen LogP contribution in [0.1, 0.15) is 23.7 Å². The number of nitrogens with two attached hydrogens (primary N) is 1. The van der Waals surface area contributed by atoms with Crippen LogP contribution in [0, 0.1) is 0 Å². The van der Waals surface area contributed by atoms with Crippen molar-refractivity contribution in [2.45, 2.75) is 19.4 Å². The summed E-state index contributed by atoms with van der Waals surface area (Å²) >= 11 is 0. The molecule has 0 aliphatic rings. The van der Waals surface area contributed by atoms with Gasteiger partial charge in [0.15, 0.2) is 0 Å². The molecule has 1 aromatic carbocycles. The van der Waals surface area contributed by atoms with Crippen LogP contribution in [0.4, 0.5) is 11.4 Å². The predicted octanol–water partition coefficient (Wildman–Crippen LogP) is 1.72. The highest BCUT2D eigenvalue weighted by molar-refractivity contribution is 5.95.